The molecule has 0 aliphatic heterocycles. The number of benzene rings is 2. The van der Waals surface area contributed by atoms with Crippen molar-refractivity contribution in [1.82, 2.24) is 9.88 Å². The zero-order valence-electron chi connectivity index (χ0n) is 19.8. The van der Waals surface area contributed by atoms with E-state index in [2.05, 4.69) is 22.4 Å². The summed E-state index contributed by atoms with van der Waals surface area (Å²) in [6.07, 6.45) is 0.714. The summed E-state index contributed by atoms with van der Waals surface area (Å²) in [5.41, 5.74) is 3.60. The van der Waals surface area contributed by atoms with Gasteiger partial charge < -0.3 is 14.7 Å². The largest absolute Gasteiger partial charge is 0.480 e. The SMILES string of the molecule is CCN(C(=O)c1ccc(NC(=O)OCC2c3ccccc3-c3ccccc32)cn1)C(C)(C)C(=O)O. The van der Waals surface area contributed by atoms with Crippen LogP contribution in [0.25, 0.3) is 11.1 Å². The number of likely N-dealkylation sites (N-methyl/N-ethyl adjacent to an activating group) is 1. The molecule has 8 heteroatoms. The Balaban J connectivity index is 1.40. The van der Waals surface area contributed by atoms with Crippen LogP contribution in [0.2, 0.25) is 0 Å². The third kappa shape index (κ3) is 4.59. The number of nitrogens with zero attached hydrogens (tertiary/aromatic N) is 2. The number of ether oxygens (including phenoxy) is 1. The molecule has 0 saturated heterocycles. The lowest BCUT2D eigenvalue weighted by molar-refractivity contribution is -0.147. The fourth-order valence-corrected chi connectivity index (χ4v) is 4.39. The van der Waals surface area contributed by atoms with Gasteiger partial charge in [0.2, 0.25) is 0 Å². The molecule has 0 bridgehead atoms. The molecule has 0 fully saturated rings. The van der Waals surface area contributed by atoms with E-state index in [0.29, 0.717) is 5.69 Å². The van der Waals surface area contributed by atoms with Gasteiger partial charge in [0.15, 0.2) is 0 Å². The number of carboxylic acid groups (broad SMARTS) is 1. The standard InChI is InChI=1S/C27H27N3O5/c1-4-30(27(2,3)25(32)33)24(31)23-14-13-17(15-28-23)29-26(34)35-16-22-20-11-7-5-9-18(20)19-10-6-8-12-21(19)22/h5-15,22H,4,16H2,1-3H3,(H,29,34)(H,32,33). The van der Waals surface area contributed by atoms with E-state index < -0.39 is 23.5 Å². The van der Waals surface area contributed by atoms with Crippen LogP contribution in [0.5, 0.6) is 0 Å². The average Bonchev–Trinajstić information content (AvgIpc) is 3.17. The molecule has 1 aliphatic rings. The summed E-state index contributed by atoms with van der Waals surface area (Å²) >= 11 is 0. The minimum Gasteiger partial charge on any atom is -0.480 e. The maximum Gasteiger partial charge on any atom is 0.411 e. The molecule has 0 radical (unpaired) electrons. The minimum atomic E-state index is -1.38. The van der Waals surface area contributed by atoms with Crippen molar-refractivity contribution >= 4 is 23.7 Å². The first-order valence-corrected chi connectivity index (χ1v) is 11.4. The lowest BCUT2D eigenvalue weighted by atomic mass is 9.98. The van der Waals surface area contributed by atoms with Crippen molar-refractivity contribution in [3.63, 3.8) is 0 Å². The smallest absolute Gasteiger partial charge is 0.411 e. The lowest BCUT2D eigenvalue weighted by Crippen LogP contribution is -2.53. The van der Waals surface area contributed by atoms with E-state index >= 15 is 0 Å². The second-order valence-electron chi connectivity index (χ2n) is 8.80. The van der Waals surface area contributed by atoms with Crippen molar-refractivity contribution < 1.29 is 24.2 Å². The monoisotopic (exact) mass is 473 g/mol. The Bertz CT molecular complexity index is 1220. The molecule has 0 saturated carbocycles. The fourth-order valence-electron chi connectivity index (χ4n) is 4.39. The predicted molar refractivity (Wildman–Crippen MR) is 131 cm³/mol. The lowest BCUT2D eigenvalue weighted by Gasteiger charge is -2.33. The molecular formula is C27H27N3O5. The van der Waals surface area contributed by atoms with Gasteiger partial charge in [-0.2, -0.15) is 0 Å². The molecule has 0 unspecified atom stereocenters. The molecule has 1 aliphatic carbocycles. The molecule has 35 heavy (non-hydrogen) atoms. The molecule has 2 aromatic carbocycles. The van der Waals surface area contributed by atoms with E-state index in [-0.39, 0.29) is 24.8 Å². The molecule has 3 aromatic rings. The number of aromatic nitrogens is 1. The van der Waals surface area contributed by atoms with E-state index in [9.17, 15) is 19.5 Å². The number of rotatable bonds is 7. The molecule has 2 N–H and O–H groups in total. The summed E-state index contributed by atoms with van der Waals surface area (Å²) < 4.78 is 5.53. The Morgan fingerprint density at radius 1 is 1.00 bits per heavy atom. The average molecular weight is 474 g/mol. The second-order valence-corrected chi connectivity index (χ2v) is 8.80. The van der Waals surface area contributed by atoms with Crippen molar-refractivity contribution in [3.05, 3.63) is 83.7 Å². The number of fused-ring (bicyclic) bond motifs is 3. The Morgan fingerprint density at radius 2 is 1.60 bits per heavy atom. The summed E-state index contributed by atoms with van der Waals surface area (Å²) in [5, 5.41) is 12.1. The van der Waals surface area contributed by atoms with Gasteiger partial charge >= 0.3 is 12.1 Å². The Morgan fingerprint density at radius 3 is 2.11 bits per heavy atom. The van der Waals surface area contributed by atoms with E-state index in [0.717, 1.165) is 22.3 Å². The summed E-state index contributed by atoms with van der Waals surface area (Å²) in [5.74, 6) is -1.67. The number of carbonyl (C=O) groups excluding carboxylic acids is 2. The highest BCUT2D eigenvalue weighted by Gasteiger charge is 2.37. The molecule has 2 amide bonds. The number of amides is 2. The summed E-state index contributed by atoms with van der Waals surface area (Å²) in [6.45, 7) is 5.02. The first kappa shape index (κ1) is 23.9. The molecule has 0 spiro atoms. The van der Waals surface area contributed by atoms with Gasteiger partial charge in [-0.05, 0) is 55.2 Å². The van der Waals surface area contributed by atoms with Gasteiger partial charge in [0.25, 0.3) is 5.91 Å². The number of pyridine rings is 1. The number of hydrogen-bond donors (Lipinski definition) is 2. The third-order valence-electron chi connectivity index (χ3n) is 6.33. The van der Waals surface area contributed by atoms with Gasteiger partial charge in [0, 0.05) is 12.5 Å². The molecule has 0 atom stereocenters. The topological polar surface area (TPSA) is 109 Å². The van der Waals surface area contributed by atoms with Crippen LogP contribution in [0.15, 0.2) is 66.9 Å². The first-order chi connectivity index (χ1) is 16.7. The van der Waals surface area contributed by atoms with Crippen molar-refractivity contribution in [1.29, 1.82) is 0 Å². The van der Waals surface area contributed by atoms with Crippen LogP contribution >= 0.6 is 0 Å². The predicted octanol–water partition coefficient (Wildman–Crippen LogP) is 4.77. The Labute approximate surface area is 203 Å². The van der Waals surface area contributed by atoms with Gasteiger partial charge in [-0.25, -0.2) is 14.6 Å². The highest BCUT2D eigenvalue weighted by molar-refractivity contribution is 5.96. The van der Waals surface area contributed by atoms with Crippen LogP contribution in [0, 0.1) is 0 Å². The number of carbonyl (C=O) groups is 3. The molecule has 4 rings (SSSR count). The van der Waals surface area contributed by atoms with Crippen LogP contribution < -0.4 is 5.32 Å². The van der Waals surface area contributed by atoms with Crippen molar-refractivity contribution in [3.8, 4) is 11.1 Å². The molecular weight excluding hydrogens is 446 g/mol. The zero-order chi connectivity index (χ0) is 25.2. The first-order valence-electron chi connectivity index (χ1n) is 11.4. The fraction of sp³-hybridized carbons (Fsp3) is 0.259. The van der Waals surface area contributed by atoms with Gasteiger partial charge in [0.1, 0.15) is 17.8 Å². The van der Waals surface area contributed by atoms with Crippen LogP contribution in [-0.4, -0.2) is 51.7 Å². The van der Waals surface area contributed by atoms with Crippen molar-refractivity contribution in [2.75, 3.05) is 18.5 Å². The minimum absolute atomic E-state index is 0.0520. The van der Waals surface area contributed by atoms with Crippen molar-refractivity contribution in [2.45, 2.75) is 32.2 Å². The Kier molecular flexibility index (Phi) is 6.55. The van der Waals surface area contributed by atoms with E-state index in [1.54, 1.807) is 6.92 Å². The maximum absolute atomic E-state index is 12.8. The number of nitrogens with one attached hydrogen (secondary N) is 1. The van der Waals surface area contributed by atoms with Gasteiger partial charge in [-0.3, -0.25) is 10.1 Å². The van der Waals surface area contributed by atoms with Gasteiger partial charge in [0.05, 0.1) is 11.9 Å². The zero-order valence-corrected chi connectivity index (χ0v) is 19.8. The van der Waals surface area contributed by atoms with Gasteiger partial charge in [-0.15, -0.1) is 0 Å². The Hall–Kier alpha value is -4.20. The van der Waals surface area contributed by atoms with Crippen molar-refractivity contribution in [2.24, 2.45) is 0 Å². The second kappa shape index (κ2) is 9.58. The van der Waals surface area contributed by atoms with Crippen LogP contribution in [0.4, 0.5) is 10.5 Å². The molecule has 180 valence electrons. The highest BCUT2D eigenvalue weighted by atomic mass is 16.5. The summed E-state index contributed by atoms with van der Waals surface area (Å²) in [7, 11) is 0. The van der Waals surface area contributed by atoms with Crippen LogP contribution in [0.3, 0.4) is 0 Å². The summed E-state index contributed by atoms with van der Waals surface area (Å²) in [6, 6.07) is 19.2. The van der Waals surface area contributed by atoms with E-state index in [1.807, 2.05) is 36.4 Å². The van der Waals surface area contributed by atoms with Crippen LogP contribution in [-0.2, 0) is 9.53 Å². The molecule has 8 nitrogen and oxygen atoms in total. The number of anilines is 1. The third-order valence-corrected chi connectivity index (χ3v) is 6.33. The summed E-state index contributed by atoms with van der Waals surface area (Å²) in [4.78, 5) is 42.2. The maximum atomic E-state index is 12.8. The number of carboxylic acids is 1. The van der Waals surface area contributed by atoms with E-state index in [1.165, 1.54) is 37.1 Å². The number of hydrogen-bond acceptors (Lipinski definition) is 5. The van der Waals surface area contributed by atoms with Crippen LogP contribution in [0.1, 0.15) is 48.3 Å². The molecule has 1 heterocycles. The molecule has 1 aromatic heterocycles. The normalized spacial score (nSPS) is 12.4. The quantitative estimate of drug-likeness (QED) is 0.512. The highest BCUT2D eigenvalue weighted by Crippen LogP contribution is 2.44. The number of aliphatic carboxylic acids is 1. The van der Waals surface area contributed by atoms with E-state index in [4.69, 9.17) is 4.74 Å². The van der Waals surface area contributed by atoms with Gasteiger partial charge in [-0.1, -0.05) is 48.5 Å².